The van der Waals surface area contributed by atoms with E-state index < -0.39 is 0 Å². The van der Waals surface area contributed by atoms with Crippen molar-refractivity contribution >= 4 is 57.6 Å². The SMILES string of the molecule is CC(=O)c1[c-]n2c(c(C)c1=O)C1=C(c3ccccc3C1)C(C)(C)C2(C)C.Cc1c2n([c-]c(-c3nc(=S)[nH][nH]3)c1=O)C(C)(C)C(C)(C)C1=C2Cc2ccccc21.NNC(N)=S.[Na+].[OH-].[Y].[Y].[Y].[Y].[Y].[Y]. The van der Waals surface area contributed by atoms with E-state index in [1.165, 1.54) is 51.5 Å². The molecule has 4 aliphatic rings. The third-order valence-electron chi connectivity index (χ3n) is 13.9. The molecule has 9 rings (SSSR count). The molecule has 0 saturated carbocycles. The maximum absolute atomic E-state index is 13.3. The zero-order chi connectivity index (χ0) is 44.0. The van der Waals surface area contributed by atoms with Crippen molar-refractivity contribution in [2.45, 2.75) is 100 Å². The molecule has 0 spiro atoms. The van der Waals surface area contributed by atoms with Crippen molar-refractivity contribution in [1.82, 2.24) is 29.7 Å². The van der Waals surface area contributed by atoms with Crippen LogP contribution >= 0.6 is 24.4 Å². The van der Waals surface area contributed by atoms with Gasteiger partial charge >= 0.3 is 29.6 Å². The van der Waals surface area contributed by atoms with Gasteiger partial charge in [0.15, 0.2) is 5.11 Å². The van der Waals surface area contributed by atoms with Crippen LogP contribution in [0.5, 0.6) is 0 Å². The van der Waals surface area contributed by atoms with Gasteiger partial charge in [-0.1, -0.05) is 125 Å². The second kappa shape index (κ2) is 27.4. The maximum atomic E-state index is 13.3. The molecule has 0 unspecified atom stereocenters. The van der Waals surface area contributed by atoms with E-state index in [4.69, 9.17) is 18.0 Å². The van der Waals surface area contributed by atoms with Crippen LogP contribution in [0.1, 0.15) is 117 Å². The third kappa shape index (κ3) is 12.4. The molecule has 3 aromatic heterocycles. The number of nitrogens with zero attached hydrogens (tertiary/aromatic N) is 3. The van der Waals surface area contributed by atoms with Gasteiger partial charge in [-0.2, -0.15) is 0 Å². The summed E-state index contributed by atoms with van der Waals surface area (Å²) >= 11 is 9.32. The summed E-state index contributed by atoms with van der Waals surface area (Å²) in [7, 11) is 0. The predicted octanol–water partition coefficient (Wildman–Crippen LogP) is 4.55. The van der Waals surface area contributed by atoms with E-state index in [0.717, 1.165) is 29.8 Å². The van der Waals surface area contributed by atoms with E-state index in [0.29, 0.717) is 21.7 Å². The topological polar surface area (TPSA) is 200 Å². The summed E-state index contributed by atoms with van der Waals surface area (Å²) in [5.74, 6) is 4.86. The molecule has 6 radical (unpaired) electrons. The Morgan fingerprint density at radius 3 is 1.47 bits per heavy atom. The number of allylic oxidation sites excluding steroid dienone is 4. The number of H-pyrrole nitrogens is 2. The Labute approximate surface area is 583 Å². The Kier molecular flexibility index (Phi) is 29.1. The Morgan fingerprint density at radius 2 is 1.10 bits per heavy atom. The average molecular weight is 1410 g/mol. The summed E-state index contributed by atoms with van der Waals surface area (Å²) in [6, 6.07) is 17.1. The van der Waals surface area contributed by atoms with Crippen molar-refractivity contribution in [3.63, 3.8) is 0 Å². The number of aromatic amines is 2. The fraction of sp³-hybridized carbons (Fsp3) is 0.362. The zero-order valence-corrected chi connectivity index (χ0v) is 61.6. The normalized spacial score (nSPS) is 15.6. The molecule has 12 nitrogen and oxygen atoms in total. The minimum Gasteiger partial charge on any atom is -0.870 e. The molecular weight excluding hydrogens is 1360 g/mol. The zero-order valence-electron chi connectivity index (χ0n) is 41.0. The smallest absolute Gasteiger partial charge is 0.870 e. The summed E-state index contributed by atoms with van der Waals surface area (Å²) in [4.78, 5) is 42.4. The molecule has 0 amide bonds. The molecule has 8 N–H and O–H groups in total. The largest absolute Gasteiger partial charge is 1.00 e. The van der Waals surface area contributed by atoms with E-state index in [1.807, 2.05) is 19.3 Å². The fourth-order valence-electron chi connectivity index (χ4n) is 9.43. The van der Waals surface area contributed by atoms with Crippen LogP contribution in [-0.2, 0) is 220 Å². The van der Waals surface area contributed by atoms with Crippen LogP contribution in [0, 0.1) is 41.8 Å². The molecule has 0 bridgehead atoms. The summed E-state index contributed by atoms with van der Waals surface area (Å²) in [5.41, 5.74) is 19.8. The summed E-state index contributed by atoms with van der Waals surface area (Å²) in [6.07, 6.45) is 8.23. The fourth-order valence-corrected chi connectivity index (χ4v) is 9.58. The number of benzene rings is 2. The molecule has 0 atom stereocenters. The van der Waals surface area contributed by atoms with Gasteiger partial charge < -0.3 is 45.3 Å². The molecule has 2 aromatic carbocycles. The number of fused-ring (bicyclic) bond motifs is 8. The van der Waals surface area contributed by atoms with Gasteiger partial charge in [-0.05, 0) is 128 Å². The third-order valence-corrected chi connectivity index (χ3v) is 14.2. The number of nitrogens with one attached hydrogen (secondary N) is 3. The quantitative estimate of drug-likeness (QED) is 0.0418. The van der Waals surface area contributed by atoms with Gasteiger partial charge in [-0.3, -0.25) is 10.1 Å². The monoisotopic (exact) mass is 1410 g/mol. The standard InChI is InChI=1S/C23H23N4OS.C23H24NO2.CH5N3S.Na.H2O.6Y/c1-12-18-15-10-13-8-6-7-9-14(13)17(15)22(2,3)23(4,5)27(18)11-16(19(12)28)20-24-21(29)26-25-20;1-13-20-17-11-15-9-7-8-10-16(15)19(17)22(3,4)23(5,6)24(20)12-18(14(2)25)21(13)26;2-1(5)4-3;;;;;;;;/h6-9H,10H2,1-5H3,(H2,24,25,26,29);7-10H,11H2,1-6H3;3H2,(H3,2,4,5);;1H2;;;;;;/q2*-1;;+1;;;;;;;/p-1. The maximum Gasteiger partial charge on any atom is 1.00 e. The van der Waals surface area contributed by atoms with Crippen LogP contribution in [0.25, 0.3) is 33.7 Å². The Balaban J connectivity index is 0. The van der Waals surface area contributed by atoms with Gasteiger partial charge in [0.1, 0.15) is 10.9 Å². The van der Waals surface area contributed by atoms with E-state index >= 15 is 0 Å². The van der Waals surface area contributed by atoms with Crippen molar-refractivity contribution in [1.29, 1.82) is 0 Å². The first-order valence-electron chi connectivity index (χ1n) is 20.0. The summed E-state index contributed by atoms with van der Waals surface area (Å²) in [6.45, 7) is 23.1. The average Bonchev–Trinajstić information content (AvgIpc) is 3.91. The molecule has 0 saturated heterocycles. The molecule has 0 fully saturated rings. The van der Waals surface area contributed by atoms with Crippen molar-refractivity contribution in [3.8, 4) is 11.4 Å². The molecule has 5 aromatic rings. The van der Waals surface area contributed by atoms with Crippen LogP contribution in [-0.4, -0.2) is 40.7 Å². The van der Waals surface area contributed by atoms with E-state index in [2.05, 4.69) is 159 Å². The van der Waals surface area contributed by atoms with Gasteiger partial charge in [0.25, 0.3) is 0 Å². The van der Waals surface area contributed by atoms with Gasteiger partial charge in [-0.25, -0.2) is 5.84 Å². The molecule has 2 aliphatic heterocycles. The van der Waals surface area contributed by atoms with E-state index in [-0.39, 0.29) is 281 Å². The number of thiocarbonyl (C=S) groups is 1. The van der Waals surface area contributed by atoms with Crippen molar-refractivity contribution in [3.05, 3.63) is 136 Å². The summed E-state index contributed by atoms with van der Waals surface area (Å²) < 4.78 is 4.55. The number of carbonyl (C=O) groups is 1. The number of rotatable bonds is 2. The summed E-state index contributed by atoms with van der Waals surface area (Å²) in [5, 5.41) is 5.80. The first-order valence-corrected chi connectivity index (χ1v) is 20.8. The number of aromatic nitrogens is 5. The van der Waals surface area contributed by atoms with Crippen LogP contribution in [0.3, 0.4) is 0 Å². The molecule has 21 heteroatoms. The molecule has 338 valence electrons. The van der Waals surface area contributed by atoms with Crippen molar-refractivity contribution in [2.75, 3.05) is 0 Å². The minimum atomic E-state index is -0.332. The number of ketones is 1. The minimum absolute atomic E-state index is 0. The first kappa shape index (κ1) is 72.2. The second-order valence-corrected chi connectivity index (χ2v) is 18.9. The van der Waals surface area contributed by atoms with Gasteiger partial charge in [0.2, 0.25) is 4.77 Å². The van der Waals surface area contributed by atoms with Crippen LogP contribution < -0.4 is 57.4 Å². The van der Waals surface area contributed by atoms with Crippen molar-refractivity contribution < 1.29 is 236 Å². The van der Waals surface area contributed by atoms with Gasteiger partial charge in [0.05, 0.1) is 11.6 Å². The van der Waals surface area contributed by atoms with Gasteiger partial charge in [0, 0.05) is 218 Å². The van der Waals surface area contributed by atoms with Gasteiger partial charge in [-0.15, -0.1) is 0 Å². The van der Waals surface area contributed by atoms with E-state index in [1.54, 1.807) is 0 Å². The van der Waals surface area contributed by atoms with Crippen LogP contribution in [0.4, 0.5) is 0 Å². The molecule has 2 aliphatic carbocycles. The number of nitrogens with two attached hydrogens (primary N) is 2. The van der Waals surface area contributed by atoms with Crippen LogP contribution in [0.15, 0.2) is 58.1 Å². The molecule has 68 heavy (non-hydrogen) atoms. The number of hydrazine groups is 1. The Bertz CT molecular complexity index is 2960. The second-order valence-electron chi connectivity index (χ2n) is 18.1. The number of Topliss-reactive ketones (excluding diaryl/α,β-unsaturated/α-hetero) is 1. The number of pyridine rings is 2. The molecule has 5 heterocycles. The number of carbonyl (C=O) groups excluding carboxylic acids is 1. The van der Waals surface area contributed by atoms with E-state index in [9.17, 15) is 14.4 Å². The number of hydrogen-bond acceptors (Lipinski definition) is 8. The van der Waals surface area contributed by atoms with Crippen LogP contribution in [0.2, 0.25) is 0 Å². The number of hydrogen-bond donors (Lipinski definition) is 5. The Hall–Kier alpha value is 2.08. The van der Waals surface area contributed by atoms with Crippen molar-refractivity contribution in [2.24, 2.45) is 22.4 Å². The Morgan fingerprint density at radius 1 is 0.721 bits per heavy atom. The predicted molar refractivity (Wildman–Crippen MR) is 247 cm³/mol. The molecular formula is C47H53N8NaO4S2Y6-2. The first-order chi connectivity index (χ1) is 28.0.